The molecule has 2 aromatic rings. The summed E-state index contributed by atoms with van der Waals surface area (Å²) in [6.45, 7) is 3.62. The standard InChI is InChI=1S/C14H15N5O/c1-9-10(2)18-19-14(16-9)17-13(20)8-5-11-3-6-12(15)7-4-11/h3-8H,15H2,1-2H3,(H,16,17,19,20)/b8-5+. The van der Waals surface area contributed by atoms with Crippen molar-refractivity contribution >= 4 is 23.6 Å². The van der Waals surface area contributed by atoms with E-state index in [4.69, 9.17) is 5.73 Å². The topological polar surface area (TPSA) is 93.8 Å². The minimum atomic E-state index is -0.313. The van der Waals surface area contributed by atoms with Gasteiger partial charge in [0, 0.05) is 11.8 Å². The van der Waals surface area contributed by atoms with Crippen molar-refractivity contribution in [3.05, 3.63) is 47.3 Å². The molecule has 0 aliphatic carbocycles. The van der Waals surface area contributed by atoms with Gasteiger partial charge in [-0.2, -0.15) is 5.10 Å². The van der Waals surface area contributed by atoms with Crippen LogP contribution in [-0.4, -0.2) is 21.1 Å². The van der Waals surface area contributed by atoms with E-state index in [2.05, 4.69) is 20.5 Å². The second-order valence-electron chi connectivity index (χ2n) is 4.30. The van der Waals surface area contributed by atoms with Crippen LogP contribution in [0.2, 0.25) is 0 Å². The van der Waals surface area contributed by atoms with Gasteiger partial charge in [0.1, 0.15) is 0 Å². The predicted molar refractivity (Wildman–Crippen MR) is 77.8 cm³/mol. The molecule has 102 valence electrons. The Hall–Kier alpha value is -2.76. The van der Waals surface area contributed by atoms with Crippen molar-refractivity contribution in [3.8, 4) is 0 Å². The largest absolute Gasteiger partial charge is 0.399 e. The van der Waals surface area contributed by atoms with Gasteiger partial charge in [-0.05, 0) is 37.6 Å². The highest BCUT2D eigenvalue weighted by Crippen LogP contribution is 2.07. The maximum Gasteiger partial charge on any atom is 0.250 e. The molecule has 3 N–H and O–H groups in total. The summed E-state index contributed by atoms with van der Waals surface area (Å²) in [5.41, 5.74) is 8.62. The van der Waals surface area contributed by atoms with Crippen LogP contribution in [-0.2, 0) is 4.79 Å². The van der Waals surface area contributed by atoms with Crippen LogP contribution in [0.5, 0.6) is 0 Å². The van der Waals surface area contributed by atoms with Crippen molar-refractivity contribution in [3.63, 3.8) is 0 Å². The molecule has 0 atom stereocenters. The number of anilines is 2. The number of hydrogen-bond acceptors (Lipinski definition) is 5. The minimum Gasteiger partial charge on any atom is -0.399 e. The number of hydrogen-bond donors (Lipinski definition) is 2. The van der Waals surface area contributed by atoms with Gasteiger partial charge in [-0.1, -0.05) is 12.1 Å². The van der Waals surface area contributed by atoms with Gasteiger partial charge in [-0.25, -0.2) is 4.98 Å². The number of nitrogens with zero attached hydrogens (tertiary/aromatic N) is 3. The lowest BCUT2D eigenvalue weighted by Gasteiger charge is -2.02. The number of aromatic nitrogens is 3. The summed E-state index contributed by atoms with van der Waals surface area (Å²) in [6, 6.07) is 7.20. The Morgan fingerprint density at radius 2 is 1.85 bits per heavy atom. The molecular weight excluding hydrogens is 254 g/mol. The maximum absolute atomic E-state index is 11.7. The average molecular weight is 269 g/mol. The van der Waals surface area contributed by atoms with Gasteiger partial charge in [0.2, 0.25) is 5.95 Å². The highest BCUT2D eigenvalue weighted by molar-refractivity contribution is 6.00. The summed E-state index contributed by atoms with van der Waals surface area (Å²) < 4.78 is 0. The maximum atomic E-state index is 11.7. The number of aryl methyl sites for hydroxylation is 2. The fourth-order valence-corrected chi connectivity index (χ4v) is 1.44. The lowest BCUT2D eigenvalue weighted by Crippen LogP contribution is -2.12. The van der Waals surface area contributed by atoms with E-state index in [1.54, 1.807) is 18.2 Å². The summed E-state index contributed by atoms with van der Waals surface area (Å²) in [4.78, 5) is 15.8. The molecule has 0 saturated heterocycles. The molecule has 1 aromatic carbocycles. The normalized spacial score (nSPS) is 10.7. The van der Waals surface area contributed by atoms with Gasteiger partial charge >= 0.3 is 0 Å². The van der Waals surface area contributed by atoms with E-state index in [0.29, 0.717) is 5.69 Å². The SMILES string of the molecule is Cc1nnc(NC(=O)/C=C/c2ccc(N)cc2)nc1C. The van der Waals surface area contributed by atoms with Gasteiger partial charge in [0.15, 0.2) is 0 Å². The van der Waals surface area contributed by atoms with Crippen LogP contribution >= 0.6 is 0 Å². The molecule has 2 rings (SSSR count). The first-order valence-corrected chi connectivity index (χ1v) is 6.07. The first kappa shape index (κ1) is 13.7. The molecule has 6 heteroatoms. The van der Waals surface area contributed by atoms with Crippen LogP contribution in [0.15, 0.2) is 30.3 Å². The van der Waals surface area contributed by atoms with E-state index < -0.39 is 0 Å². The molecule has 1 amide bonds. The van der Waals surface area contributed by atoms with E-state index in [9.17, 15) is 4.79 Å². The number of nitrogens with one attached hydrogen (secondary N) is 1. The van der Waals surface area contributed by atoms with Crippen LogP contribution in [0.4, 0.5) is 11.6 Å². The third-order valence-corrected chi connectivity index (χ3v) is 2.69. The van der Waals surface area contributed by atoms with Crippen molar-refractivity contribution in [1.82, 2.24) is 15.2 Å². The van der Waals surface area contributed by atoms with Crippen LogP contribution in [0.3, 0.4) is 0 Å². The minimum absolute atomic E-state index is 0.194. The van der Waals surface area contributed by atoms with Crippen LogP contribution < -0.4 is 11.1 Å². The van der Waals surface area contributed by atoms with Crippen molar-refractivity contribution < 1.29 is 4.79 Å². The molecule has 0 spiro atoms. The molecule has 0 aliphatic rings. The zero-order valence-electron chi connectivity index (χ0n) is 11.3. The van der Waals surface area contributed by atoms with Gasteiger partial charge in [-0.15, -0.1) is 5.10 Å². The summed E-state index contributed by atoms with van der Waals surface area (Å²) in [6.07, 6.45) is 3.09. The summed E-state index contributed by atoms with van der Waals surface area (Å²) in [7, 11) is 0. The lowest BCUT2D eigenvalue weighted by atomic mass is 10.2. The Morgan fingerprint density at radius 1 is 1.15 bits per heavy atom. The summed E-state index contributed by atoms with van der Waals surface area (Å²) in [5, 5.41) is 10.3. The van der Waals surface area contributed by atoms with Crippen molar-refractivity contribution in [2.75, 3.05) is 11.1 Å². The molecule has 0 saturated carbocycles. The monoisotopic (exact) mass is 269 g/mol. The second-order valence-corrected chi connectivity index (χ2v) is 4.30. The van der Waals surface area contributed by atoms with E-state index >= 15 is 0 Å². The molecule has 1 aromatic heterocycles. The summed E-state index contributed by atoms with van der Waals surface area (Å²) >= 11 is 0. The van der Waals surface area contributed by atoms with E-state index in [1.165, 1.54) is 6.08 Å². The Balaban J connectivity index is 2.01. The molecule has 0 radical (unpaired) electrons. The highest BCUT2D eigenvalue weighted by Gasteiger charge is 2.03. The van der Waals surface area contributed by atoms with E-state index in [0.717, 1.165) is 17.0 Å². The zero-order valence-corrected chi connectivity index (χ0v) is 11.3. The number of carbonyl (C=O) groups is 1. The predicted octanol–water partition coefficient (Wildman–Crippen LogP) is 1.72. The molecule has 0 aliphatic heterocycles. The fraction of sp³-hybridized carbons (Fsp3) is 0.143. The Labute approximate surface area is 116 Å². The first-order chi connectivity index (χ1) is 9.54. The van der Waals surface area contributed by atoms with Crippen molar-refractivity contribution in [2.24, 2.45) is 0 Å². The number of nitrogens with two attached hydrogens (primary N) is 1. The zero-order chi connectivity index (χ0) is 14.5. The molecule has 0 bridgehead atoms. The van der Waals surface area contributed by atoms with Crippen molar-refractivity contribution in [2.45, 2.75) is 13.8 Å². The quantitative estimate of drug-likeness (QED) is 0.653. The number of amides is 1. The number of rotatable bonds is 3. The van der Waals surface area contributed by atoms with Crippen LogP contribution in [0.1, 0.15) is 17.0 Å². The number of carbonyl (C=O) groups excluding carboxylic acids is 1. The molecular formula is C14H15N5O. The lowest BCUT2D eigenvalue weighted by molar-refractivity contribution is -0.111. The Bertz CT molecular complexity index is 649. The average Bonchev–Trinajstić information content (AvgIpc) is 2.42. The molecule has 0 fully saturated rings. The number of nitrogen functional groups attached to an aromatic ring is 1. The van der Waals surface area contributed by atoms with Gasteiger partial charge in [0.05, 0.1) is 11.4 Å². The summed E-state index contributed by atoms with van der Waals surface area (Å²) in [5.74, 6) is -0.119. The molecule has 1 heterocycles. The highest BCUT2D eigenvalue weighted by atomic mass is 16.1. The smallest absolute Gasteiger partial charge is 0.250 e. The Kier molecular flexibility index (Phi) is 4.05. The third kappa shape index (κ3) is 3.61. The van der Waals surface area contributed by atoms with Gasteiger partial charge in [-0.3, -0.25) is 10.1 Å². The van der Waals surface area contributed by atoms with Crippen LogP contribution in [0, 0.1) is 13.8 Å². The van der Waals surface area contributed by atoms with Crippen LogP contribution in [0.25, 0.3) is 6.08 Å². The molecule has 0 unspecified atom stereocenters. The second kappa shape index (κ2) is 5.92. The third-order valence-electron chi connectivity index (χ3n) is 2.69. The Morgan fingerprint density at radius 3 is 2.50 bits per heavy atom. The molecule has 6 nitrogen and oxygen atoms in total. The van der Waals surface area contributed by atoms with Crippen molar-refractivity contribution in [1.29, 1.82) is 0 Å². The van der Waals surface area contributed by atoms with E-state index in [1.807, 2.05) is 26.0 Å². The fourth-order valence-electron chi connectivity index (χ4n) is 1.44. The van der Waals surface area contributed by atoms with Gasteiger partial charge in [0.25, 0.3) is 5.91 Å². The molecule has 20 heavy (non-hydrogen) atoms. The first-order valence-electron chi connectivity index (χ1n) is 6.07. The number of benzene rings is 1. The van der Waals surface area contributed by atoms with Gasteiger partial charge < -0.3 is 5.73 Å². The van der Waals surface area contributed by atoms with E-state index in [-0.39, 0.29) is 11.9 Å².